The first-order valence-electron chi connectivity index (χ1n) is 7.46. The van der Waals surface area contributed by atoms with Crippen molar-refractivity contribution in [3.8, 4) is 11.3 Å². The molecule has 2 rings (SSSR count). The molecule has 0 radical (unpaired) electrons. The lowest BCUT2D eigenvalue weighted by atomic mass is 10.1. The normalized spacial score (nSPS) is 10.2. The van der Waals surface area contributed by atoms with Gasteiger partial charge in [0.1, 0.15) is 11.4 Å². The van der Waals surface area contributed by atoms with Gasteiger partial charge in [-0.05, 0) is 13.0 Å². The van der Waals surface area contributed by atoms with E-state index in [1.165, 1.54) is 29.2 Å². The molecule has 0 saturated carbocycles. The smallest absolute Gasteiger partial charge is 0.341 e. The lowest BCUT2D eigenvalue weighted by molar-refractivity contribution is -0.384. The first-order valence-corrected chi connectivity index (χ1v) is 7.46. The molecule has 1 aromatic heterocycles. The number of urea groups is 1. The molecular formula is C16H18N4O5. The molecule has 0 unspecified atom stereocenters. The second-order valence-corrected chi connectivity index (χ2v) is 5.32. The Morgan fingerprint density at radius 1 is 1.32 bits per heavy atom. The van der Waals surface area contributed by atoms with Crippen LogP contribution in [0.3, 0.4) is 0 Å². The monoisotopic (exact) mass is 346 g/mol. The Kier molecular flexibility index (Phi) is 5.38. The van der Waals surface area contributed by atoms with Gasteiger partial charge in [-0.15, -0.1) is 0 Å². The minimum Gasteiger partial charge on any atom is -0.462 e. The van der Waals surface area contributed by atoms with Gasteiger partial charge in [0.05, 0.1) is 11.5 Å². The van der Waals surface area contributed by atoms with Crippen LogP contribution in [0.2, 0.25) is 0 Å². The molecule has 0 bridgehead atoms. The zero-order valence-corrected chi connectivity index (χ0v) is 14.0. The number of amides is 2. The van der Waals surface area contributed by atoms with Crippen LogP contribution < -0.4 is 5.32 Å². The maximum absolute atomic E-state index is 12.1. The van der Waals surface area contributed by atoms with Gasteiger partial charge in [-0.1, -0.05) is 12.1 Å². The number of aromatic amines is 1. The lowest BCUT2D eigenvalue weighted by Gasteiger charge is -2.12. The Hall–Kier alpha value is -3.36. The molecule has 1 heterocycles. The number of ether oxygens (including phenoxy) is 1. The summed E-state index contributed by atoms with van der Waals surface area (Å²) >= 11 is 0. The number of rotatable bonds is 5. The highest BCUT2D eigenvalue weighted by Crippen LogP contribution is 2.28. The maximum Gasteiger partial charge on any atom is 0.341 e. The molecule has 1 aromatic carbocycles. The van der Waals surface area contributed by atoms with Crippen molar-refractivity contribution in [1.29, 1.82) is 0 Å². The van der Waals surface area contributed by atoms with Crippen molar-refractivity contribution >= 4 is 23.5 Å². The summed E-state index contributed by atoms with van der Waals surface area (Å²) in [7, 11) is 3.12. The van der Waals surface area contributed by atoms with Crippen LogP contribution in [0.1, 0.15) is 17.3 Å². The first-order chi connectivity index (χ1) is 11.8. The summed E-state index contributed by atoms with van der Waals surface area (Å²) in [5.74, 6) is -0.442. The zero-order valence-electron chi connectivity index (χ0n) is 14.0. The van der Waals surface area contributed by atoms with Crippen molar-refractivity contribution in [3.05, 3.63) is 46.0 Å². The summed E-state index contributed by atoms with van der Waals surface area (Å²) in [6.45, 7) is 1.85. The van der Waals surface area contributed by atoms with Crippen LogP contribution in [0.4, 0.5) is 16.3 Å². The number of esters is 1. The second kappa shape index (κ2) is 7.47. The zero-order chi connectivity index (χ0) is 18.6. The van der Waals surface area contributed by atoms with Crippen LogP contribution in [0.15, 0.2) is 30.3 Å². The minimum atomic E-state index is -0.607. The Balaban J connectivity index is 2.46. The van der Waals surface area contributed by atoms with Gasteiger partial charge in [0.25, 0.3) is 5.69 Å². The van der Waals surface area contributed by atoms with Crippen LogP contribution in [0.5, 0.6) is 0 Å². The van der Waals surface area contributed by atoms with Crippen molar-refractivity contribution in [2.75, 3.05) is 26.0 Å². The molecule has 9 nitrogen and oxygen atoms in total. The van der Waals surface area contributed by atoms with Gasteiger partial charge in [-0.2, -0.15) is 0 Å². The Morgan fingerprint density at radius 2 is 2.04 bits per heavy atom. The average molecular weight is 346 g/mol. The summed E-state index contributed by atoms with van der Waals surface area (Å²) in [5, 5.41) is 13.5. The lowest BCUT2D eigenvalue weighted by Crippen LogP contribution is -2.28. The number of nitrogens with zero attached hydrogens (tertiary/aromatic N) is 2. The fraction of sp³-hybridized carbons (Fsp3) is 0.250. The molecule has 9 heteroatoms. The van der Waals surface area contributed by atoms with Gasteiger partial charge >= 0.3 is 12.0 Å². The number of carbonyl (C=O) groups excluding carboxylic acids is 2. The van der Waals surface area contributed by atoms with Crippen LogP contribution in [0.25, 0.3) is 11.3 Å². The minimum absolute atomic E-state index is 0.0799. The Morgan fingerprint density at radius 3 is 2.64 bits per heavy atom. The fourth-order valence-corrected chi connectivity index (χ4v) is 2.08. The molecule has 0 aliphatic carbocycles. The highest BCUT2D eigenvalue weighted by atomic mass is 16.6. The summed E-state index contributed by atoms with van der Waals surface area (Å²) in [5.41, 5.74) is 1.01. The molecule has 2 aromatic rings. The van der Waals surface area contributed by atoms with E-state index in [1.807, 2.05) is 0 Å². The van der Waals surface area contributed by atoms with Crippen LogP contribution >= 0.6 is 0 Å². The standard InChI is InChI=1S/C16H18N4O5/c1-4-25-15(21)12-9-13(17-14(12)18-16(22)19(2)3)10-6-5-7-11(8-10)20(23)24/h5-9,17H,4H2,1-3H3,(H,18,22). The summed E-state index contributed by atoms with van der Waals surface area (Å²) in [4.78, 5) is 38.6. The van der Waals surface area contributed by atoms with Gasteiger partial charge in [0.15, 0.2) is 0 Å². The van der Waals surface area contributed by atoms with Gasteiger partial charge in [-0.25, -0.2) is 9.59 Å². The number of H-pyrrole nitrogens is 1. The van der Waals surface area contributed by atoms with Crippen molar-refractivity contribution in [2.24, 2.45) is 0 Å². The summed E-state index contributed by atoms with van der Waals surface area (Å²) in [6.07, 6.45) is 0. The largest absolute Gasteiger partial charge is 0.462 e. The van der Waals surface area contributed by atoms with E-state index in [9.17, 15) is 19.7 Å². The highest BCUT2D eigenvalue weighted by molar-refractivity contribution is 6.01. The number of nitro groups is 1. The number of nitro benzene ring substituents is 1. The van der Waals surface area contributed by atoms with Gasteiger partial charge in [-0.3, -0.25) is 15.4 Å². The van der Waals surface area contributed by atoms with E-state index in [0.29, 0.717) is 11.3 Å². The third-order valence-corrected chi connectivity index (χ3v) is 3.32. The van der Waals surface area contributed by atoms with E-state index in [1.54, 1.807) is 27.1 Å². The van der Waals surface area contributed by atoms with Crippen molar-refractivity contribution in [1.82, 2.24) is 9.88 Å². The van der Waals surface area contributed by atoms with Crippen LogP contribution in [-0.4, -0.2) is 47.5 Å². The molecule has 0 atom stereocenters. The van der Waals surface area contributed by atoms with E-state index < -0.39 is 16.9 Å². The van der Waals surface area contributed by atoms with Crippen molar-refractivity contribution in [2.45, 2.75) is 6.92 Å². The predicted molar refractivity (Wildman–Crippen MR) is 91.5 cm³/mol. The molecule has 2 amide bonds. The number of non-ortho nitro benzene ring substituents is 1. The highest BCUT2D eigenvalue weighted by Gasteiger charge is 2.20. The predicted octanol–water partition coefficient (Wildman–Crippen LogP) is 2.86. The molecule has 132 valence electrons. The molecule has 0 aliphatic rings. The SMILES string of the molecule is CCOC(=O)c1cc(-c2cccc([N+](=O)[O-])c2)[nH]c1NC(=O)N(C)C. The summed E-state index contributed by atoms with van der Waals surface area (Å²) < 4.78 is 4.99. The fourth-order valence-electron chi connectivity index (χ4n) is 2.08. The van der Waals surface area contributed by atoms with Gasteiger partial charge < -0.3 is 14.6 Å². The average Bonchev–Trinajstić information content (AvgIpc) is 2.99. The molecule has 0 fully saturated rings. The topological polar surface area (TPSA) is 118 Å². The Bertz CT molecular complexity index is 813. The quantitative estimate of drug-likeness (QED) is 0.490. The third-order valence-electron chi connectivity index (χ3n) is 3.32. The first kappa shape index (κ1) is 18.0. The van der Waals surface area contributed by atoms with Crippen molar-refractivity contribution < 1.29 is 19.2 Å². The van der Waals surface area contributed by atoms with Gasteiger partial charge in [0, 0.05) is 37.5 Å². The van der Waals surface area contributed by atoms with E-state index in [-0.39, 0.29) is 23.7 Å². The van der Waals surface area contributed by atoms with E-state index >= 15 is 0 Å². The van der Waals surface area contributed by atoms with E-state index in [4.69, 9.17) is 4.74 Å². The van der Waals surface area contributed by atoms with Crippen molar-refractivity contribution in [3.63, 3.8) is 0 Å². The summed E-state index contributed by atoms with van der Waals surface area (Å²) in [6, 6.07) is 6.99. The number of anilines is 1. The number of hydrogen-bond acceptors (Lipinski definition) is 5. The molecule has 0 aliphatic heterocycles. The molecule has 2 N–H and O–H groups in total. The maximum atomic E-state index is 12.1. The Labute approximate surface area is 143 Å². The third kappa shape index (κ3) is 4.14. The molecule has 0 spiro atoms. The number of carbonyl (C=O) groups is 2. The number of benzene rings is 1. The van der Waals surface area contributed by atoms with E-state index in [2.05, 4.69) is 10.3 Å². The molecular weight excluding hydrogens is 328 g/mol. The second-order valence-electron chi connectivity index (χ2n) is 5.32. The van der Waals surface area contributed by atoms with Crippen LogP contribution in [0, 0.1) is 10.1 Å². The van der Waals surface area contributed by atoms with Gasteiger partial charge in [0.2, 0.25) is 0 Å². The number of nitrogens with one attached hydrogen (secondary N) is 2. The van der Waals surface area contributed by atoms with Crippen LogP contribution in [-0.2, 0) is 4.74 Å². The molecule has 0 saturated heterocycles. The van der Waals surface area contributed by atoms with E-state index in [0.717, 1.165) is 0 Å². The number of aromatic nitrogens is 1. The number of hydrogen-bond donors (Lipinski definition) is 2. The molecule has 25 heavy (non-hydrogen) atoms.